The molecule has 0 bridgehead atoms. The molecule has 1 aromatic carbocycles. The number of alkyl halides is 3. The van der Waals surface area contributed by atoms with Crippen molar-refractivity contribution in [1.29, 1.82) is 0 Å². The second-order valence-electron chi connectivity index (χ2n) is 8.95. The number of rotatable bonds is 9. The second kappa shape index (κ2) is 12.3. The highest BCUT2D eigenvalue weighted by atomic mass is 19.4. The summed E-state index contributed by atoms with van der Waals surface area (Å²) in [5, 5.41) is 8.22. The number of nitrogens with zero attached hydrogens (tertiary/aromatic N) is 4. The highest BCUT2D eigenvalue weighted by Crippen LogP contribution is 2.31. The molecule has 0 saturated carbocycles. The smallest absolute Gasteiger partial charge is 0.416 e. The van der Waals surface area contributed by atoms with Crippen LogP contribution in [0.25, 0.3) is 0 Å². The van der Waals surface area contributed by atoms with E-state index >= 15 is 0 Å². The van der Waals surface area contributed by atoms with Gasteiger partial charge >= 0.3 is 6.18 Å². The monoisotopic (exact) mass is 506 g/mol. The first kappa shape index (κ1) is 27.5. The van der Waals surface area contributed by atoms with Gasteiger partial charge in [-0.2, -0.15) is 13.2 Å². The molecule has 196 valence electrons. The topological polar surface area (TPSA) is 69.5 Å². The van der Waals surface area contributed by atoms with E-state index in [1.165, 1.54) is 12.1 Å². The summed E-state index contributed by atoms with van der Waals surface area (Å²) >= 11 is 0. The predicted octanol–water partition coefficient (Wildman–Crippen LogP) is 4.73. The zero-order valence-corrected chi connectivity index (χ0v) is 21.1. The average molecular weight is 507 g/mol. The van der Waals surface area contributed by atoms with Crippen molar-refractivity contribution in [3.63, 3.8) is 0 Å². The minimum atomic E-state index is -4.38. The van der Waals surface area contributed by atoms with Gasteiger partial charge in [-0.1, -0.05) is 18.1 Å². The van der Waals surface area contributed by atoms with Gasteiger partial charge in [0.15, 0.2) is 5.69 Å². The Morgan fingerprint density at radius 2 is 1.92 bits per heavy atom. The van der Waals surface area contributed by atoms with E-state index in [0.717, 1.165) is 31.4 Å². The summed E-state index contributed by atoms with van der Waals surface area (Å²) in [4.78, 5) is 14.5. The summed E-state index contributed by atoms with van der Waals surface area (Å²) in [5.74, 6) is 5.93. The summed E-state index contributed by atoms with van der Waals surface area (Å²) in [5.41, 5.74) is -0.255. The molecule has 0 aliphatic carbocycles. The van der Waals surface area contributed by atoms with Gasteiger partial charge in [-0.15, -0.1) is 5.10 Å². The Balaban J connectivity index is 1.46. The van der Waals surface area contributed by atoms with Crippen LogP contribution in [0.4, 0.5) is 13.2 Å². The molecule has 0 unspecified atom stereocenters. The molecule has 2 heterocycles. The Morgan fingerprint density at radius 1 is 1.22 bits per heavy atom. The molecule has 36 heavy (non-hydrogen) atoms. The Labute approximate surface area is 209 Å². The quantitative estimate of drug-likeness (QED) is 0.460. The zero-order chi connectivity index (χ0) is 26.3. The number of aromatic nitrogens is 3. The van der Waals surface area contributed by atoms with Crippen molar-refractivity contribution >= 4 is 5.91 Å². The van der Waals surface area contributed by atoms with E-state index in [1.54, 1.807) is 10.9 Å². The van der Waals surface area contributed by atoms with E-state index in [4.69, 9.17) is 9.47 Å². The van der Waals surface area contributed by atoms with Crippen LogP contribution in [-0.2, 0) is 15.7 Å². The Morgan fingerprint density at radius 3 is 2.56 bits per heavy atom. The lowest BCUT2D eigenvalue weighted by Crippen LogP contribution is -2.39. The van der Waals surface area contributed by atoms with Crippen molar-refractivity contribution < 1.29 is 27.4 Å². The molecule has 1 aliphatic rings. The van der Waals surface area contributed by atoms with Gasteiger partial charge in [0.2, 0.25) is 5.91 Å². The minimum Gasteiger partial charge on any atom is -0.481 e. The van der Waals surface area contributed by atoms with Crippen molar-refractivity contribution in [2.45, 2.75) is 71.4 Å². The molecule has 3 rings (SSSR count). The van der Waals surface area contributed by atoms with Gasteiger partial charge in [0.1, 0.15) is 12.4 Å². The molecule has 1 saturated heterocycles. The molecule has 2 aromatic rings. The Kier molecular flexibility index (Phi) is 9.37. The van der Waals surface area contributed by atoms with E-state index < -0.39 is 11.7 Å². The number of amides is 1. The second-order valence-corrected chi connectivity index (χ2v) is 8.95. The van der Waals surface area contributed by atoms with Gasteiger partial charge in [-0.05, 0) is 70.2 Å². The van der Waals surface area contributed by atoms with Crippen LogP contribution in [0.15, 0.2) is 30.5 Å². The lowest BCUT2D eigenvalue weighted by atomic mass is 9.99. The van der Waals surface area contributed by atoms with Crippen molar-refractivity contribution in [2.75, 3.05) is 19.7 Å². The third-order valence-corrected chi connectivity index (χ3v) is 6.44. The average Bonchev–Trinajstić information content (AvgIpc) is 3.52. The number of ether oxygens (including phenoxy) is 2. The molecule has 10 heteroatoms. The van der Waals surface area contributed by atoms with Gasteiger partial charge in [-0.3, -0.25) is 4.79 Å². The van der Waals surface area contributed by atoms with E-state index in [0.29, 0.717) is 24.5 Å². The van der Waals surface area contributed by atoms with Crippen LogP contribution in [0.2, 0.25) is 0 Å². The summed E-state index contributed by atoms with van der Waals surface area (Å²) < 4.78 is 51.2. The van der Waals surface area contributed by atoms with Crippen molar-refractivity contribution in [3.8, 4) is 17.6 Å². The molecular weight excluding hydrogens is 473 g/mol. The maximum absolute atomic E-state index is 12.6. The molecule has 7 nitrogen and oxygen atoms in total. The molecule has 4 atom stereocenters. The van der Waals surface area contributed by atoms with Gasteiger partial charge in [0.25, 0.3) is 0 Å². The molecule has 0 spiro atoms. The summed E-state index contributed by atoms with van der Waals surface area (Å²) in [6.45, 7) is 9.35. The normalized spacial score (nSPS) is 19.3. The maximum Gasteiger partial charge on any atom is 0.416 e. The fourth-order valence-corrected chi connectivity index (χ4v) is 4.28. The van der Waals surface area contributed by atoms with Gasteiger partial charge in [-0.25, -0.2) is 4.68 Å². The largest absolute Gasteiger partial charge is 0.481 e. The summed E-state index contributed by atoms with van der Waals surface area (Å²) in [7, 11) is 0. The third kappa shape index (κ3) is 7.23. The van der Waals surface area contributed by atoms with Crippen LogP contribution in [0, 0.1) is 17.8 Å². The van der Waals surface area contributed by atoms with E-state index in [-0.39, 0.29) is 36.7 Å². The fourth-order valence-electron chi connectivity index (χ4n) is 4.28. The molecule has 1 aromatic heterocycles. The maximum atomic E-state index is 12.6. The zero-order valence-electron chi connectivity index (χ0n) is 21.1. The van der Waals surface area contributed by atoms with Crippen LogP contribution < -0.4 is 4.74 Å². The molecule has 0 radical (unpaired) electrons. The summed E-state index contributed by atoms with van der Waals surface area (Å²) in [6, 6.07) is 4.50. The van der Waals surface area contributed by atoms with Crippen LogP contribution in [0.5, 0.6) is 5.75 Å². The number of carbonyl (C=O) groups excluding carboxylic acids is 1. The third-order valence-electron chi connectivity index (χ3n) is 6.44. The van der Waals surface area contributed by atoms with E-state index in [9.17, 15) is 18.0 Å². The van der Waals surface area contributed by atoms with Crippen LogP contribution >= 0.6 is 0 Å². The first-order valence-corrected chi connectivity index (χ1v) is 12.3. The number of hydrogen-bond acceptors (Lipinski definition) is 5. The van der Waals surface area contributed by atoms with Crippen LogP contribution in [-0.4, -0.2) is 57.7 Å². The Hall–Kier alpha value is -3.06. The first-order valence-electron chi connectivity index (χ1n) is 12.3. The predicted molar refractivity (Wildman–Crippen MR) is 128 cm³/mol. The molecule has 1 amide bonds. The van der Waals surface area contributed by atoms with Gasteiger partial charge < -0.3 is 14.4 Å². The van der Waals surface area contributed by atoms with Crippen molar-refractivity contribution in [2.24, 2.45) is 5.92 Å². The fraction of sp³-hybridized carbons (Fsp3) is 0.577. The van der Waals surface area contributed by atoms with E-state index in [1.807, 2.05) is 32.6 Å². The molecule has 0 N–H and O–H groups in total. The molecule has 1 aliphatic heterocycles. The van der Waals surface area contributed by atoms with Crippen molar-refractivity contribution in [3.05, 3.63) is 41.7 Å². The number of halogens is 3. The highest BCUT2D eigenvalue weighted by Gasteiger charge is 2.35. The minimum absolute atomic E-state index is 0.00940. The molecule has 1 fully saturated rings. The lowest BCUT2D eigenvalue weighted by Gasteiger charge is -2.26. The number of hydrogen-bond donors (Lipinski definition) is 0. The lowest BCUT2D eigenvalue weighted by molar-refractivity contribution is -0.139. The van der Waals surface area contributed by atoms with E-state index in [2.05, 4.69) is 22.2 Å². The van der Waals surface area contributed by atoms with Gasteiger partial charge in [0, 0.05) is 13.1 Å². The van der Waals surface area contributed by atoms with Gasteiger partial charge in [0.05, 0.1) is 35.9 Å². The number of benzene rings is 1. The highest BCUT2D eigenvalue weighted by molar-refractivity contribution is 5.79. The molecular formula is C26H33F3N4O3. The Bertz CT molecular complexity index is 1050. The van der Waals surface area contributed by atoms with Crippen LogP contribution in [0.1, 0.15) is 64.3 Å². The van der Waals surface area contributed by atoms with Crippen molar-refractivity contribution in [1.82, 2.24) is 19.9 Å². The summed E-state index contributed by atoms with van der Waals surface area (Å²) in [6.07, 6.45) is -0.156. The first-order chi connectivity index (χ1) is 17.1. The standard InChI is InChI=1S/C26H33F3N4O3/c1-5-32(6-2)25(34)19(4)24-14-13-23(36-24)16-18(3)33-17-21(30-31-33)8-7-15-35-22-11-9-20(10-12-22)26(27,28)29/h9-12,17-19,23-24H,5-6,13-16H2,1-4H3/t18-,19-,23+,24-/m1/s1. The van der Waals surface area contributed by atoms with Crippen LogP contribution in [0.3, 0.4) is 0 Å². The SMILES string of the molecule is CCN(CC)C(=O)[C@H](C)[C@H]1CC[C@@H](C[C@@H](C)n2cc(C#CCOc3ccc(C(F)(F)F)cc3)nn2)O1. The number of carbonyl (C=O) groups is 1.